The molecule has 0 spiro atoms. The number of pyridine rings is 1. The van der Waals surface area contributed by atoms with E-state index in [1.54, 1.807) is 29.4 Å². The highest BCUT2D eigenvalue weighted by Gasteiger charge is 2.40. The Labute approximate surface area is 167 Å². The summed E-state index contributed by atoms with van der Waals surface area (Å²) >= 11 is 0. The van der Waals surface area contributed by atoms with Gasteiger partial charge in [-0.05, 0) is 24.3 Å². The highest BCUT2D eigenvalue weighted by molar-refractivity contribution is 5.92. The van der Waals surface area contributed by atoms with Crippen molar-refractivity contribution in [2.24, 2.45) is 0 Å². The maximum absolute atomic E-state index is 12.6. The second-order valence-electron chi connectivity index (χ2n) is 7.16. The lowest BCUT2D eigenvalue weighted by molar-refractivity contribution is -0.00461. The molecule has 29 heavy (non-hydrogen) atoms. The predicted molar refractivity (Wildman–Crippen MR) is 104 cm³/mol. The molecule has 1 amide bonds. The van der Waals surface area contributed by atoms with Crippen molar-refractivity contribution >= 4 is 16.7 Å². The Hall–Kier alpha value is -3.10. The predicted octanol–water partition coefficient (Wildman–Crippen LogP) is 1.71. The molecule has 3 aromatic rings. The summed E-state index contributed by atoms with van der Waals surface area (Å²) in [5.41, 5.74) is 0.329. The summed E-state index contributed by atoms with van der Waals surface area (Å²) in [5, 5.41) is 9.70. The SMILES string of the molecule is O=C(c1cccnn1)N1C[C@@H]2OCC(Oc3cccc4cnccc34)CO[C@H]2C1. The van der Waals surface area contributed by atoms with Crippen LogP contribution in [0.2, 0.25) is 0 Å². The molecule has 148 valence electrons. The molecule has 4 heterocycles. The minimum absolute atomic E-state index is 0.157. The van der Waals surface area contributed by atoms with Crippen LogP contribution < -0.4 is 4.74 Å². The van der Waals surface area contributed by atoms with Crippen LogP contribution in [0.4, 0.5) is 0 Å². The fourth-order valence-electron chi connectivity index (χ4n) is 3.76. The molecule has 0 N–H and O–H groups in total. The quantitative estimate of drug-likeness (QED) is 0.671. The van der Waals surface area contributed by atoms with Crippen LogP contribution in [0.5, 0.6) is 5.75 Å². The Morgan fingerprint density at radius 2 is 1.86 bits per heavy atom. The molecule has 8 heteroatoms. The molecule has 0 unspecified atom stereocenters. The molecule has 2 atom stereocenters. The molecule has 1 aromatic carbocycles. The van der Waals surface area contributed by atoms with Crippen LogP contribution in [0.25, 0.3) is 10.8 Å². The summed E-state index contributed by atoms with van der Waals surface area (Å²) in [6.07, 6.45) is 4.53. The van der Waals surface area contributed by atoms with Crippen molar-refractivity contribution in [3.8, 4) is 5.75 Å². The fraction of sp³-hybridized carbons (Fsp3) is 0.333. The van der Waals surface area contributed by atoms with Crippen LogP contribution in [0, 0.1) is 0 Å². The molecule has 0 aliphatic carbocycles. The topological polar surface area (TPSA) is 86.7 Å². The average Bonchev–Trinajstić information content (AvgIpc) is 3.10. The van der Waals surface area contributed by atoms with Crippen molar-refractivity contribution in [1.82, 2.24) is 20.1 Å². The zero-order valence-electron chi connectivity index (χ0n) is 15.7. The molecule has 0 radical (unpaired) electrons. The normalized spacial score (nSPS) is 22.3. The largest absolute Gasteiger partial charge is 0.485 e. The number of ether oxygens (including phenoxy) is 3. The van der Waals surface area contributed by atoms with Gasteiger partial charge in [0.1, 0.15) is 24.1 Å². The first-order valence-corrected chi connectivity index (χ1v) is 9.57. The Balaban J connectivity index is 1.23. The minimum Gasteiger partial charge on any atom is -0.485 e. The second-order valence-corrected chi connectivity index (χ2v) is 7.16. The summed E-state index contributed by atoms with van der Waals surface area (Å²) in [6.45, 7) is 1.73. The van der Waals surface area contributed by atoms with Crippen molar-refractivity contribution in [1.29, 1.82) is 0 Å². The zero-order chi connectivity index (χ0) is 19.6. The van der Waals surface area contributed by atoms with Crippen LogP contribution >= 0.6 is 0 Å². The van der Waals surface area contributed by atoms with E-state index in [0.717, 1.165) is 16.5 Å². The Kier molecular flexibility index (Phi) is 4.79. The van der Waals surface area contributed by atoms with Gasteiger partial charge in [0.25, 0.3) is 5.91 Å². The number of rotatable bonds is 3. The van der Waals surface area contributed by atoms with Gasteiger partial charge in [-0.2, -0.15) is 5.10 Å². The Morgan fingerprint density at radius 1 is 1.03 bits per heavy atom. The number of carbonyl (C=O) groups excluding carboxylic acids is 1. The van der Waals surface area contributed by atoms with E-state index in [4.69, 9.17) is 14.2 Å². The van der Waals surface area contributed by atoms with Crippen molar-refractivity contribution in [2.75, 3.05) is 26.3 Å². The van der Waals surface area contributed by atoms with Crippen molar-refractivity contribution < 1.29 is 19.0 Å². The van der Waals surface area contributed by atoms with Crippen LogP contribution in [0.3, 0.4) is 0 Å². The lowest BCUT2D eigenvalue weighted by atomic mass is 10.1. The summed E-state index contributed by atoms with van der Waals surface area (Å²) < 4.78 is 18.3. The number of aromatic nitrogens is 3. The summed E-state index contributed by atoms with van der Waals surface area (Å²) in [7, 11) is 0. The van der Waals surface area contributed by atoms with E-state index in [-0.39, 0.29) is 24.2 Å². The van der Waals surface area contributed by atoms with Crippen LogP contribution in [-0.4, -0.2) is 70.6 Å². The number of benzene rings is 1. The molecule has 2 aromatic heterocycles. The third-order valence-corrected chi connectivity index (χ3v) is 5.22. The third-order valence-electron chi connectivity index (χ3n) is 5.22. The van der Waals surface area contributed by atoms with Crippen LogP contribution in [0.1, 0.15) is 10.5 Å². The van der Waals surface area contributed by atoms with E-state index in [1.807, 2.05) is 30.5 Å². The molecule has 0 saturated carbocycles. The monoisotopic (exact) mass is 392 g/mol. The van der Waals surface area contributed by atoms with Gasteiger partial charge in [0.15, 0.2) is 5.69 Å². The second kappa shape index (κ2) is 7.73. The number of likely N-dealkylation sites (tertiary alicyclic amines) is 1. The number of carbonyl (C=O) groups is 1. The Morgan fingerprint density at radius 3 is 2.62 bits per heavy atom. The van der Waals surface area contributed by atoms with E-state index in [9.17, 15) is 4.79 Å². The molecule has 5 rings (SSSR count). The highest BCUT2D eigenvalue weighted by Crippen LogP contribution is 2.27. The Bertz CT molecular complexity index is 994. The fourth-order valence-corrected chi connectivity index (χ4v) is 3.76. The number of hydrogen-bond donors (Lipinski definition) is 0. The van der Waals surface area contributed by atoms with E-state index in [1.165, 1.54) is 0 Å². The first-order chi connectivity index (χ1) is 14.3. The zero-order valence-corrected chi connectivity index (χ0v) is 15.7. The van der Waals surface area contributed by atoms with Crippen molar-refractivity contribution in [3.05, 3.63) is 60.7 Å². The van der Waals surface area contributed by atoms with Gasteiger partial charge in [0.05, 0.1) is 13.2 Å². The highest BCUT2D eigenvalue weighted by atomic mass is 16.6. The van der Waals surface area contributed by atoms with Gasteiger partial charge in [0.2, 0.25) is 0 Å². The summed E-state index contributed by atoms with van der Waals surface area (Å²) in [4.78, 5) is 18.4. The summed E-state index contributed by atoms with van der Waals surface area (Å²) in [6, 6.07) is 11.2. The van der Waals surface area contributed by atoms with E-state index < -0.39 is 0 Å². The lowest BCUT2D eigenvalue weighted by Crippen LogP contribution is -2.33. The molecular formula is C21H20N4O4. The summed E-state index contributed by atoms with van der Waals surface area (Å²) in [5.74, 6) is 0.629. The lowest BCUT2D eigenvalue weighted by Gasteiger charge is -2.20. The van der Waals surface area contributed by atoms with Gasteiger partial charge in [-0.3, -0.25) is 9.78 Å². The van der Waals surface area contributed by atoms with Gasteiger partial charge in [-0.15, -0.1) is 5.10 Å². The van der Waals surface area contributed by atoms with Crippen molar-refractivity contribution in [2.45, 2.75) is 18.3 Å². The third kappa shape index (κ3) is 3.64. The van der Waals surface area contributed by atoms with E-state index >= 15 is 0 Å². The van der Waals surface area contributed by atoms with Gasteiger partial charge < -0.3 is 19.1 Å². The molecule has 2 aliphatic heterocycles. The maximum atomic E-state index is 12.6. The molecule has 2 saturated heterocycles. The molecule has 0 bridgehead atoms. The van der Waals surface area contributed by atoms with Crippen LogP contribution in [0.15, 0.2) is 55.0 Å². The molecule has 8 nitrogen and oxygen atoms in total. The van der Waals surface area contributed by atoms with Gasteiger partial charge in [0, 0.05) is 42.5 Å². The first-order valence-electron chi connectivity index (χ1n) is 9.57. The standard InChI is InChI=1S/C21H20N4O4/c26-21(17-4-2-7-23-24-17)25-10-19-20(11-25)28-13-15(12-27-19)29-18-5-1-3-14-9-22-8-6-16(14)18/h1-9,15,19-20H,10-13H2/t19-,20-/m0/s1. The van der Waals surface area contributed by atoms with Crippen molar-refractivity contribution in [3.63, 3.8) is 0 Å². The minimum atomic E-state index is -0.219. The van der Waals surface area contributed by atoms with E-state index in [0.29, 0.717) is 32.0 Å². The van der Waals surface area contributed by atoms with Crippen LogP contribution in [-0.2, 0) is 9.47 Å². The van der Waals surface area contributed by atoms with E-state index in [2.05, 4.69) is 15.2 Å². The van der Waals surface area contributed by atoms with Gasteiger partial charge in [-0.1, -0.05) is 12.1 Å². The first kappa shape index (κ1) is 18.0. The number of hydrogen-bond acceptors (Lipinski definition) is 7. The molecular weight excluding hydrogens is 372 g/mol. The molecule has 2 aliphatic rings. The van der Waals surface area contributed by atoms with Gasteiger partial charge in [-0.25, -0.2) is 0 Å². The number of amides is 1. The average molecular weight is 392 g/mol. The van der Waals surface area contributed by atoms with Gasteiger partial charge >= 0.3 is 0 Å². The molecule has 2 fully saturated rings. The number of nitrogens with zero attached hydrogens (tertiary/aromatic N) is 4. The smallest absolute Gasteiger partial charge is 0.274 e. The number of fused-ring (bicyclic) bond motifs is 2. The maximum Gasteiger partial charge on any atom is 0.274 e.